The quantitative estimate of drug-likeness (QED) is 0.678. The van der Waals surface area contributed by atoms with Crippen LogP contribution in [0.5, 0.6) is 0 Å². The number of nitrogens with one attached hydrogen (secondary N) is 1. The van der Waals surface area contributed by atoms with Crippen molar-refractivity contribution in [1.29, 1.82) is 0 Å². The van der Waals surface area contributed by atoms with Gasteiger partial charge in [0.05, 0.1) is 16.8 Å². The summed E-state index contributed by atoms with van der Waals surface area (Å²) in [4.78, 5) is 13.0. The van der Waals surface area contributed by atoms with Gasteiger partial charge in [-0.2, -0.15) is 9.78 Å². The second-order valence-corrected chi connectivity index (χ2v) is 6.40. The highest BCUT2D eigenvalue weighted by atomic mass is 16.7. The monoisotopic (exact) mass is 365 g/mol. The van der Waals surface area contributed by atoms with E-state index in [4.69, 9.17) is 9.47 Å². The van der Waals surface area contributed by atoms with Crippen LogP contribution in [0.2, 0.25) is 0 Å². The summed E-state index contributed by atoms with van der Waals surface area (Å²) in [6.45, 7) is 5.83. The standard InChI is InChI=1S/C21H23N3O3/c1-3-26-21(27-4-2)14-8-10-15(11-9-14)24-20(25)16-6-5-7-17-19(16)18(23-24)12-13-22-17/h5-11,21-22H,3-4,12-13H2,1-2H3. The fourth-order valence-corrected chi connectivity index (χ4v) is 3.50. The predicted octanol–water partition coefficient (Wildman–Crippen LogP) is 3.43. The normalized spacial score (nSPS) is 13.1. The van der Waals surface area contributed by atoms with E-state index in [2.05, 4.69) is 10.4 Å². The van der Waals surface area contributed by atoms with Gasteiger partial charge < -0.3 is 14.8 Å². The first-order valence-electron chi connectivity index (χ1n) is 9.35. The summed E-state index contributed by atoms with van der Waals surface area (Å²) in [5, 5.41) is 9.62. The average Bonchev–Trinajstić information content (AvgIpc) is 2.71. The Hall–Kier alpha value is -2.70. The van der Waals surface area contributed by atoms with E-state index in [0.29, 0.717) is 18.6 Å². The molecule has 1 N–H and O–H groups in total. The lowest BCUT2D eigenvalue weighted by molar-refractivity contribution is -0.140. The molecule has 1 aliphatic rings. The summed E-state index contributed by atoms with van der Waals surface area (Å²) in [5.41, 5.74) is 3.47. The van der Waals surface area contributed by atoms with E-state index < -0.39 is 6.29 Å². The van der Waals surface area contributed by atoms with Crippen molar-refractivity contribution in [1.82, 2.24) is 9.78 Å². The van der Waals surface area contributed by atoms with E-state index in [-0.39, 0.29) is 5.56 Å². The minimum atomic E-state index is -0.398. The zero-order chi connectivity index (χ0) is 18.8. The average molecular weight is 365 g/mol. The molecule has 6 nitrogen and oxygen atoms in total. The van der Waals surface area contributed by atoms with Crippen LogP contribution >= 0.6 is 0 Å². The predicted molar refractivity (Wildman–Crippen MR) is 106 cm³/mol. The minimum Gasteiger partial charge on any atom is -0.384 e. The Kier molecular flexibility index (Phi) is 4.92. The van der Waals surface area contributed by atoms with Crippen LogP contribution in [0.25, 0.3) is 16.5 Å². The van der Waals surface area contributed by atoms with Gasteiger partial charge in [0.1, 0.15) is 0 Å². The number of hydrogen-bond donors (Lipinski definition) is 1. The highest BCUT2D eigenvalue weighted by molar-refractivity contribution is 5.96. The molecular formula is C21H23N3O3. The molecule has 1 aromatic heterocycles. The zero-order valence-corrected chi connectivity index (χ0v) is 15.6. The highest BCUT2D eigenvalue weighted by Crippen LogP contribution is 2.28. The van der Waals surface area contributed by atoms with Crippen molar-refractivity contribution in [3.63, 3.8) is 0 Å². The van der Waals surface area contributed by atoms with E-state index in [0.717, 1.165) is 41.0 Å². The first kappa shape index (κ1) is 17.7. The first-order chi connectivity index (χ1) is 13.2. The molecule has 3 aromatic rings. The van der Waals surface area contributed by atoms with Crippen LogP contribution in [0.4, 0.5) is 5.69 Å². The maximum atomic E-state index is 13.0. The van der Waals surface area contributed by atoms with Gasteiger partial charge in [-0.15, -0.1) is 0 Å². The van der Waals surface area contributed by atoms with Gasteiger partial charge in [0.2, 0.25) is 0 Å². The summed E-state index contributed by atoms with van der Waals surface area (Å²) in [6, 6.07) is 13.4. The van der Waals surface area contributed by atoms with E-state index in [1.807, 2.05) is 56.3 Å². The van der Waals surface area contributed by atoms with Crippen molar-refractivity contribution in [2.75, 3.05) is 25.1 Å². The highest BCUT2D eigenvalue weighted by Gasteiger charge is 2.18. The van der Waals surface area contributed by atoms with Gasteiger partial charge in [-0.25, -0.2) is 0 Å². The van der Waals surface area contributed by atoms with Crippen molar-refractivity contribution >= 4 is 16.5 Å². The molecule has 0 fully saturated rings. The summed E-state index contributed by atoms with van der Waals surface area (Å²) in [5.74, 6) is 0. The van der Waals surface area contributed by atoms with Gasteiger partial charge in [-0.3, -0.25) is 4.79 Å². The van der Waals surface area contributed by atoms with Crippen LogP contribution in [-0.4, -0.2) is 29.5 Å². The van der Waals surface area contributed by atoms with Crippen molar-refractivity contribution < 1.29 is 9.47 Å². The van der Waals surface area contributed by atoms with Crippen molar-refractivity contribution in [2.24, 2.45) is 0 Å². The molecule has 140 valence electrons. The summed E-state index contributed by atoms with van der Waals surface area (Å²) < 4.78 is 12.8. The third kappa shape index (κ3) is 3.22. The molecule has 6 heteroatoms. The Bertz CT molecular complexity index is 1010. The Balaban J connectivity index is 1.77. The van der Waals surface area contributed by atoms with Gasteiger partial charge >= 0.3 is 0 Å². The fourth-order valence-electron chi connectivity index (χ4n) is 3.50. The third-order valence-corrected chi connectivity index (χ3v) is 4.72. The van der Waals surface area contributed by atoms with Crippen LogP contribution < -0.4 is 10.9 Å². The Morgan fingerprint density at radius 3 is 2.56 bits per heavy atom. The van der Waals surface area contributed by atoms with E-state index >= 15 is 0 Å². The molecule has 27 heavy (non-hydrogen) atoms. The van der Waals surface area contributed by atoms with Gasteiger partial charge in [-0.05, 0) is 38.1 Å². The van der Waals surface area contributed by atoms with Crippen LogP contribution in [0.1, 0.15) is 31.4 Å². The molecule has 0 saturated heterocycles. The van der Waals surface area contributed by atoms with Crippen LogP contribution in [-0.2, 0) is 15.9 Å². The van der Waals surface area contributed by atoms with Crippen molar-refractivity contribution in [2.45, 2.75) is 26.6 Å². The van der Waals surface area contributed by atoms with Crippen molar-refractivity contribution in [3.05, 3.63) is 64.1 Å². The second kappa shape index (κ2) is 7.50. The molecule has 0 unspecified atom stereocenters. The zero-order valence-electron chi connectivity index (χ0n) is 15.6. The van der Waals surface area contributed by atoms with E-state index in [1.165, 1.54) is 4.68 Å². The summed E-state index contributed by atoms with van der Waals surface area (Å²) >= 11 is 0. The van der Waals surface area contributed by atoms with Crippen molar-refractivity contribution in [3.8, 4) is 5.69 Å². The molecule has 0 amide bonds. The Morgan fingerprint density at radius 1 is 1.11 bits per heavy atom. The Morgan fingerprint density at radius 2 is 1.85 bits per heavy atom. The van der Waals surface area contributed by atoms with Crippen LogP contribution in [0.15, 0.2) is 47.3 Å². The lowest BCUT2D eigenvalue weighted by Gasteiger charge is -2.20. The summed E-state index contributed by atoms with van der Waals surface area (Å²) in [6.07, 6.45) is 0.396. The Labute approximate surface area is 157 Å². The molecule has 2 heterocycles. The van der Waals surface area contributed by atoms with Gasteiger partial charge in [0, 0.05) is 42.8 Å². The fraction of sp³-hybridized carbons (Fsp3) is 0.333. The number of anilines is 1. The molecule has 1 aliphatic heterocycles. The molecule has 4 rings (SSSR count). The topological polar surface area (TPSA) is 65.4 Å². The van der Waals surface area contributed by atoms with Crippen LogP contribution in [0, 0.1) is 0 Å². The van der Waals surface area contributed by atoms with E-state index in [1.54, 1.807) is 0 Å². The third-order valence-electron chi connectivity index (χ3n) is 4.72. The molecule has 0 radical (unpaired) electrons. The minimum absolute atomic E-state index is 0.113. The number of rotatable bonds is 6. The number of benzene rings is 2. The SMILES string of the molecule is CCOC(OCC)c1ccc(-n2nc3c4c(cccc4c2=O)NCC3)cc1. The maximum Gasteiger partial charge on any atom is 0.279 e. The molecular weight excluding hydrogens is 342 g/mol. The summed E-state index contributed by atoms with van der Waals surface area (Å²) in [7, 11) is 0. The van der Waals surface area contributed by atoms with Gasteiger partial charge in [-0.1, -0.05) is 18.2 Å². The molecule has 0 aliphatic carbocycles. The first-order valence-corrected chi connectivity index (χ1v) is 9.35. The molecule has 0 spiro atoms. The smallest absolute Gasteiger partial charge is 0.279 e. The largest absolute Gasteiger partial charge is 0.384 e. The van der Waals surface area contributed by atoms with Crippen LogP contribution in [0.3, 0.4) is 0 Å². The van der Waals surface area contributed by atoms with Gasteiger partial charge in [0.25, 0.3) is 5.56 Å². The maximum absolute atomic E-state index is 13.0. The molecule has 2 aromatic carbocycles. The lowest BCUT2D eigenvalue weighted by atomic mass is 10.0. The molecule has 0 saturated carbocycles. The van der Waals surface area contributed by atoms with Gasteiger partial charge in [0.15, 0.2) is 6.29 Å². The molecule has 0 bridgehead atoms. The number of ether oxygens (including phenoxy) is 2. The molecule has 0 atom stereocenters. The second-order valence-electron chi connectivity index (χ2n) is 6.40. The number of nitrogens with zero attached hydrogens (tertiary/aromatic N) is 2. The number of aromatic nitrogens is 2. The van der Waals surface area contributed by atoms with E-state index in [9.17, 15) is 4.79 Å². The number of hydrogen-bond acceptors (Lipinski definition) is 5. The lowest BCUT2D eigenvalue weighted by Crippen LogP contribution is -2.26.